The molecule has 0 spiro atoms. The Hall–Kier alpha value is -3.27. The number of para-hydroxylation sites is 1. The molecule has 0 fully saturated rings. The van der Waals surface area contributed by atoms with Gasteiger partial charge in [-0.3, -0.25) is 0 Å². The van der Waals surface area contributed by atoms with Crippen LogP contribution < -0.4 is 11.1 Å². The zero-order valence-corrected chi connectivity index (χ0v) is 13.8. The first-order valence-corrected chi connectivity index (χ1v) is 8.37. The molecule has 0 atom stereocenters. The van der Waals surface area contributed by atoms with E-state index in [1.54, 1.807) is 23.0 Å². The molecule has 1 aromatic carbocycles. The summed E-state index contributed by atoms with van der Waals surface area (Å²) in [5.74, 6) is 2.12. The molecule has 0 saturated carbocycles. The Kier molecular flexibility index (Phi) is 4.09. The lowest BCUT2D eigenvalue weighted by atomic mass is 10.3. The topological polar surface area (TPSA) is 120 Å². The van der Waals surface area contributed by atoms with Crippen molar-refractivity contribution in [3.63, 3.8) is 0 Å². The second kappa shape index (κ2) is 6.69. The molecule has 0 aliphatic rings. The van der Waals surface area contributed by atoms with Crippen LogP contribution in [0.5, 0.6) is 0 Å². The van der Waals surface area contributed by atoms with Crippen LogP contribution in [0.2, 0.25) is 0 Å². The Balaban J connectivity index is 1.50. The molecule has 10 heteroatoms. The highest BCUT2D eigenvalue weighted by Gasteiger charge is 2.09. The molecule has 3 aromatic heterocycles. The summed E-state index contributed by atoms with van der Waals surface area (Å²) in [4.78, 5) is 21.1. The summed E-state index contributed by atoms with van der Waals surface area (Å²) in [6, 6.07) is 11.4. The third-order valence-corrected chi connectivity index (χ3v) is 3.99. The number of nitrogens with zero attached hydrogens (tertiary/aromatic N) is 7. The molecular formula is C15H13N9S. The minimum atomic E-state index is 0.161. The number of fused-ring (bicyclic) bond motifs is 1. The number of nitrogens with one attached hydrogen (secondary N) is 1. The van der Waals surface area contributed by atoms with E-state index in [9.17, 15) is 0 Å². The fourth-order valence-electron chi connectivity index (χ4n) is 2.11. The Bertz CT molecular complexity index is 969. The van der Waals surface area contributed by atoms with Crippen molar-refractivity contribution in [3.05, 3.63) is 54.6 Å². The SMILES string of the molecule is Nc1nc(CSc2nc3ncccn3n2)nc(Nc2ccccc2)n1. The van der Waals surface area contributed by atoms with Crippen LogP contribution in [0.25, 0.3) is 5.78 Å². The lowest BCUT2D eigenvalue weighted by molar-refractivity contribution is 0.877. The summed E-state index contributed by atoms with van der Waals surface area (Å²) >= 11 is 1.40. The number of hydrogen-bond donors (Lipinski definition) is 2. The van der Waals surface area contributed by atoms with E-state index in [-0.39, 0.29) is 5.95 Å². The summed E-state index contributed by atoms with van der Waals surface area (Å²) in [5.41, 5.74) is 6.66. The lowest BCUT2D eigenvalue weighted by Crippen LogP contribution is -2.06. The van der Waals surface area contributed by atoms with Crippen molar-refractivity contribution < 1.29 is 0 Å². The second-order valence-electron chi connectivity index (χ2n) is 4.97. The first-order chi connectivity index (χ1) is 12.3. The molecule has 4 rings (SSSR count). The molecule has 0 amide bonds. The summed E-state index contributed by atoms with van der Waals surface area (Å²) in [7, 11) is 0. The van der Waals surface area contributed by atoms with Gasteiger partial charge in [-0.1, -0.05) is 30.0 Å². The molecule has 0 bridgehead atoms. The van der Waals surface area contributed by atoms with Crippen LogP contribution in [0.1, 0.15) is 5.82 Å². The Labute approximate surface area is 146 Å². The summed E-state index contributed by atoms with van der Waals surface area (Å²) in [6.07, 6.45) is 3.47. The van der Waals surface area contributed by atoms with Crippen molar-refractivity contribution in [2.45, 2.75) is 10.9 Å². The van der Waals surface area contributed by atoms with Crippen molar-refractivity contribution in [1.29, 1.82) is 0 Å². The molecule has 0 radical (unpaired) electrons. The van der Waals surface area contributed by atoms with Gasteiger partial charge in [-0.25, -0.2) is 9.50 Å². The van der Waals surface area contributed by atoms with Crippen LogP contribution in [0, 0.1) is 0 Å². The zero-order chi connectivity index (χ0) is 17.1. The molecular weight excluding hydrogens is 338 g/mol. The zero-order valence-electron chi connectivity index (χ0n) is 12.9. The Morgan fingerprint density at radius 2 is 1.92 bits per heavy atom. The number of nitrogen functional groups attached to an aromatic ring is 1. The highest BCUT2D eigenvalue weighted by Crippen LogP contribution is 2.19. The van der Waals surface area contributed by atoms with E-state index in [4.69, 9.17) is 5.73 Å². The number of benzene rings is 1. The maximum Gasteiger partial charge on any atom is 0.253 e. The average molecular weight is 351 g/mol. The van der Waals surface area contributed by atoms with Gasteiger partial charge in [0, 0.05) is 18.1 Å². The molecule has 4 aromatic rings. The molecule has 124 valence electrons. The number of anilines is 3. The number of rotatable bonds is 5. The smallest absolute Gasteiger partial charge is 0.253 e. The van der Waals surface area contributed by atoms with Gasteiger partial charge in [0.2, 0.25) is 17.1 Å². The predicted molar refractivity (Wildman–Crippen MR) is 94.3 cm³/mol. The summed E-state index contributed by atoms with van der Waals surface area (Å²) in [6.45, 7) is 0. The fraction of sp³-hybridized carbons (Fsp3) is 0.0667. The largest absolute Gasteiger partial charge is 0.368 e. The third-order valence-electron chi connectivity index (χ3n) is 3.16. The van der Waals surface area contributed by atoms with Gasteiger partial charge in [-0.15, -0.1) is 5.10 Å². The van der Waals surface area contributed by atoms with Gasteiger partial charge in [0.25, 0.3) is 5.78 Å². The van der Waals surface area contributed by atoms with Gasteiger partial charge in [0.15, 0.2) is 0 Å². The van der Waals surface area contributed by atoms with E-state index in [0.717, 1.165) is 5.69 Å². The van der Waals surface area contributed by atoms with Crippen molar-refractivity contribution >= 4 is 35.1 Å². The van der Waals surface area contributed by atoms with E-state index in [1.807, 2.05) is 30.3 Å². The molecule has 3 N–H and O–H groups in total. The monoisotopic (exact) mass is 351 g/mol. The summed E-state index contributed by atoms with van der Waals surface area (Å²) in [5, 5.41) is 8.03. The first-order valence-electron chi connectivity index (χ1n) is 7.39. The molecule has 25 heavy (non-hydrogen) atoms. The lowest BCUT2D eigenvalue weighted by Gasteiger charge is -2.06. The van der Waals surface area contributed by atoms with E-state index in [2.05, 4.69) is 35.3 Å². The van der Waals surface area contributed by atoms with Gasteiger partial charge < -0.3 is 11.1 Å². The van der Waals surface area contributed by atoms with Gasteiger partial charge in [-0.2, -0.15) is 19.9 Å². The molecule has 0 saturated heterocycles. The van der Waals surface area contributed by atoms with Crippen LogP contribution in [0.3, 0.4) is 0 Å². The van der Waals surface area contributed by atoms with Crippen molar-refractivity contribution in [1.82, 2.24) is 34.5 Å². The van der Waals surface area contributed by atoms with E-state index < -0.39 is 0 Å². The van der Waals surface area contributed by atoms with E-state index >= 15 is 0 Å². The Morgan fingerprint density at radius 1 is 1.04 bits per heavy atom. The summed E-state index contributed by atoms with van der Waals surface area (Å²) < 4.78 is 1.62. The van der Waals surface area contributed by atoms with E-state index in [0.29, 0.717) is 28.5 Å². The number of hydrogen-bond acceptors (Lipinski definition) is 9. The maximum absolute atomic E-state index is 5.79. The molecule has 0 aliphatic carbocycles. The van der Waals surface area contributed by atoms with Gasteiger partial charge in [-0.05, 0) is 18.2 Å². The number of thioether (sulfide) groups is 1. The quantitative estimate of drug-likeness (QED) is 0.519. The van der Waals surface area contributed by atoms with Crippen molar-refractivity contribution in [2.24, 2.45) is 0 Å². The molecule has 3 heterocycles. The average Bonchev–Trinajstić information content (AvgIpc) is 3.03. The van der Waals surface area contributed by atoms with Gasteiger partial charge in [0.05, 0.1) is 5.75 Å². The number of aromatic nitrogens is 7. The van der Waals surface area contributed by atoms with Gasteiger partial charge in [0.1, 0.15) is 5.82 Å². The van der Waals surface area contributed by atoms with Crippen LogP contribution in [0.15, 0.2) is 53.9 Å². The maximum atomic E-state index is 5.79. The van der Waals surface area contributed by atoms with Crippen LogP contribution >= 0.6 is 11.8 Å². The predicted octanol–water partition coefficient (Wildman–Crippen LogP) is 1.93. The standard InChI is InChI=1S/C15H13N9S/c16-12-19-11(20-13(21-12)18-10-5-2-1-3-6-10)9-25-15-22-14-17-7-4-8-24(14)23-15/h1-8H,9H2,(H3,16,18,19,20,21). The minimum Gasteiger partial charge on any atom is -0.368 e. The van der Waals surface area contributed by atoms with Crippen molar-refractivity contribution in [3.8, 4) is 0 Å². The first kappa shape index (κ1) is 15.3. The van der Waals surface area contributed by atoms with E-state index in [1.165, 1.54) is 11.8 Å². The third kappa shape index (κ3) is 3.63. The fourth-order valence-corrected chi connectivity index (χ4v) is 2.79. The molecule has 0 unspecified atom stereocenters. The highest BCUT2D eigenvalue weighted by molar-refractivity contribution is 7.98. The van der Waals surface area contributed by atoms with Gasteiger partial charge >= 0.3 is 0 Å². The molecule has 9 nitrogen and oxygen atoms in total. The highest BCUT2D eigenvalue weighted by atomic mass is 32.2. The van der Waals surface area contributed by atoms with Crippen LogP contribution in [-0.4, -0.2) is 34.5 Å². The Morgan fingerprint density at radius 3 is 2.76 bits per heavy atom. The van der Waals surface area contributed by atoms with Crippen LogP contribution in [-0.2, 0) is 5.75 Å². The minimum absolute atomic E-state index is 0.161. The molecule has 0 aliphatic heterocycles. The van der Waals surface area contributed by atoms with Crippen LogP contribution in [0.4, 0.5) is 17.6 Å². The number of nitrogens with two attached hydrogens (primary N) is 1. The normalized spacial score (nSPS) is 10.9. The second-order valence-corrected chi connectivity index (χ2v) is 5.91. The van der Waals surface area contributed by atoms with Crippen molar-refractivity contribution in [2.75, 3.05) is 11.1 Å².